The van der Waals surface area contributed by atoms with Crippen LogP contribution in [0.5, 0.6) is 5.88 Å². The van der Waals surface area contributed by atoms with Gasteiger partial charge in [-0.2, -0.15) is 0 Å². The minimum atomic E-state index is -0.705. The fourth-order valence-corrected chi connectivity index (χ4v) is 5.25. The van der Waals surface area contributed by atoms with Crippen molar-refractivity contribution in [2.24, 2.45) is 5.92 Å². The van der Waals surface area contributed by atoms with Crippen molar-refractivity contribution in [3.8, 4) is 5.88 Å². The molecule has 102 valence electrons. The third-order valence-electron chi connectivity index (χ3n) is 4.16. The van der Waals surface area contributed by atoms with Crippen LogP contribution in [-0.4, -0.2) is 32.6 Å². The Bertz CT molecular complexity index is 498. The summed E-state index contributed by atoms with van der Waals surface area (Å²) < 4.78 is 16.9. The molecule has 2 unspecified atom stereocenters. The number of carbonyl (C=O) groups is 1. The molecule has 2 aliphatic heterocycles. The average molecular weight is 279 g/mol. The molecule has 0 radical (unpaired) electrons. The van der Waals surface area contributed by atoms with Crippen LogP contribution in [0.2, 0.25) is 0 Å². The van der Waals surface area contributed by atoms with Crippen molar-refractivity contribution in [1.29, 1.82) is 0 Å². The van der Waals surface area contributed by atoms with Gasteiger partial charge >= 0.3 is 0 Å². The van der Waals surface area contributed by atoms with Crippen LogP contribution in [0.3, 0.4) is 0 Å². The van der Waals surface area contributed by atoms with Crippen LogP contribution in [0.25, 0.3) is 0 Å². The lowest BCUT2D eigenvalue weighted by Crippen LogP contribution is -2.32. The van der Waals surface area contributed by atoms with Crippen LogP contribution in [0.4, 0.5) is 0 Å². The van der Waals surface area contributed by atoms with E-state index in [-0.39, 0.29) is 22.2 Å². The number of ketones is 1. The molecule has 0 N–H and O–H groups in total. The van der Waals surface area contributed by atoms with Gasteiger partial charge < -0.3 is 4.74 Å². The number of hydrogen-bond acceptors (Lipinski definition) is 4. The summed E-state index contributed by atoms with van der Waals surface area (Å²) in [6.07, 6.45) is 5.15. The smallest absolute Gasteiger partial charge is 0.212 e. The molecule has 19 heavy (non-hydrogen) atoms. The predicted octanol–water partition coefficient (Wildman–Crippen LogP) is 1.96. The van der Waals surface area contributed by atoms with Gasteiger partial charge in [0.2, 0.25) is 5.88 Å². The Hall–Kier alpha value is -1.23. The Morgan fingerprint density at radius 3 is 2.53 bits per heavy atom. The highest BCUT2D eigenvalue weighted by Crippen LogP contribution is 2.39. The van der Waals surface area contributed by atoms with Gasteiger partial charge in [0, 0.05) is 45.0 Å². The summed E-state index contributed by atoms with van der Waals surface area (Å²) in [6.45, 7) is 0. The first-order valence-electron chi connectivity index (χ1n) is 6.62. The number of methoxy groups -OCH3 is 1. The number of pyridine rings is 1. The van der Waals surface area contributed by atoms with E-state index in [9.17, 15) is 9.00 Å². The van der Waals surface area contributed by atoms with Crippen molar-refractivity contribution in [1.82, 2.24) is 4.98 Å². The van der Waals surface area contributed by atoms with Crippen molar-refractivity contribution in [3.63, 3.8) is 0 Å². The average Bonchev–Trinajstić information content (AvgIpc) is 2.68. The fraction of sp³-hybridized carbons (Fsp3) is 0.571. The Morgan fingerprint density at radius 2 is 2.00 bits per heavy atom. The van der Waals surface area contributed by atoms with Crippen LogP contribution in [0, 0.1) is 5.92 Å². The summed E-state index contributed by atoms with van der Waals surface area (Å²) >= 11 is 0. The van der Waals surface area contributed by atoms with Crippen molar-refractivity contribution >= 4 is 16.6 Å². The van der Waals surface area contributed by atoms with E-state index in [2.05, 4.69) is 4.98 Å². The maximum Gasteiger partial charge on any atom is 0.212 e. The monoisotopic (exact) mass is 279 g/mol. The van der Waals surface area contributed by atoms with Gasteiger partial charge in [0.25, 0.3) is 0 Å². The number of ether oxygens (including phenoxy) is 1. The lowest BCUT2D eigenvalue weighted by Gasteiger charge is -2.26. The van der Waals surface area contributed by atoms with Gasteiger partial charge in [0.1, 0.15) is 0 Å². The summed E-state index contributed by atoms with van der Waals surface area (Å²) in [4.78, 5) is 16.5. The summed E-state index contributed by atoms with van der Waals surface area (Å²) in [7, 11) is 0.848. The number of rotatable bonds is 3. The third-order valence-corrected chi connectivity index (χ3v) is 6.33. The molecule has 3 rings (SSSR count). The zero-order valence-electron chi connectivity index (χ0n) is 10.9. The minimum absolute atomic E-state index is 0.0189. The van der Waals surface area contributed by atoms with E-state index < -0.39 is 10.8 Å². The Balaban J connectivity index is 1.75. The number of nitrogens with zero attached hydrogens (tertiary/aromatic N) is 1. The van der Waals surface area contributed by atoms with E-state index in [4.69, 9.17) is 4.74 Å². The lowest BCUT2D eigenvalue weighted by atomic mass is 9.91. The molecular formula is C14H17NO3S. The quantitative estimate of drug-likeness (QED) is 0.794. The molecule has 4 nitrogen and oxygen atoms in total. The highest BCUT2D eigenvalue weighted by Gasteiger charge is 2.42. The van der Waals surface area contributed by atoms with Crippen molar-refractivity contribution in [2.75, 3.05) is 7.11 Å². The third kappa shape index (κ3) is 2.31. The first-order valence-corrected chi connectivity index (χ1v) is 7.90. The number of hydrogen-bond donors (Lipinski definition) is 0. The summed E-state index contributed by atoms with van der Waals surface area (Å²) in [5.41, 5.74) is 0.637. The summed E-state index contributed by atoms with van der Waals surface area (Å²) in [5, 5.41) is 0.470. The van der Waals surface area contributed by atoms with E-state index in [1.807, 2.05) is 0 Å². The number of aromatic nitrogens is 1. The SMILES string of the molecule is COc1ccc(C(=O)C2CC3CCC(C2)S3=O)cn1. The maximum atomic E-state index is 12.4. The van der Waals surface area contributed by atoms with E-state index in [0.717, 1.165) is 25.7 Å². The Kier molecular flexibility index (Phi) is 3.39. The minimum Gasteiger partial charge on any atom is -0.481 e. The molecule has 2 bridgehead atoms. The fourth-order valence-electron chi connectivity index (χ4n) is 3.13. The summed E-state index contributed by atoms with van der Waals surface area (Å²) in [5.74, 6) is 0.676. The number of Topliss-reactive ketones (excluding diaryl/α,β-unsaturated/α-hetero) is 1. The Labute approximate surface area is 115 Å². The molecule has 0 saturated carbocycles. The molecule has 1 aromatic heterocycles. The van der Waals surface area contributed by atoms with E-state index >= 15 is 0 Å². The van der Waals surface area contributed by atoms with E-state index in [1.165, 1.54) is 0 Å². The molecule has 2 fully saturated rings. The van der Waals surface area contributed by atoms with Crippen molar-refractivity contribution in [2.45, 2.75) is 36.2 Å². The van der Waals surface area contributed by atoms with Crippen molar-refractivity contribution in [3.05, 3.63) is 23.9 Å². The zero-order valence-corrected chi connectivity index (χ0v) is 11.7. The van der Waals surface area contributed by atoms with Crippen molar-refractivity contribution < 1.29 is 13.7 Å². The highest BCUT2D eigenvalue weighted by molar-refractivity contribution is 7.86. The standard InChI is InChI=1S/C14H17NO3S/c1-18-13-5-2-9(8-15-13)14(16)10-6-11-3-4-12(7-10)19(11)17/h2,5,8,10-12H,3-4,6-7H2,1H3. The Morgan fingerprint density at radius 1 is 1.32 bits per heavy atom. The molecular weight excluding hydrogens is 262 g/mol. The molecule has 0 aromatic carbocycles. The molecule has 0 spiro atoms. The maximum absolute atomic E-state index is 12.4. The van der Waals surface area contributed by atoms with Gasteiger partial charge in [-0.3, -0.25) is 9.00 Å². The highest BCUT2D eigenvalue weighted by atomic mass is 32.2. The first kappa shape index (κ1) is 12.8. The predicted molar refractivity (Wildman–Crippen MR) is 72.8 cm³/mol. The second kappa shape index (κ2) is 5.04. The number of carbonyl (C=O) groups excluding carboxylic acids is 1. The molecule has 2 saturated heterocycles. The molecule has 5 heteroatoms. The lowest BCUT2D eigenvalue weighted by molar-refractivity contribution is 0.0905. The van der Waals surface area contributed by atoms with Crippen LogP contribution >= 0.6 is 0 Å². The van der Waals surface area contributed by atoms with Crippen LogP contribution < -0.4 is 4.74 Å². The number of fused-ring (bicyclic) bond motifs is 2. The molecule has 0 amide bonds. The molecule has 1 aromatic rings. The van der Waals surface area contributed by atoms with Crippen LogP contribution in [0.1, 0.15) is 36.0 Å². The van der Waals surface area contributed by atoms with E-state index in [0.29, 0.717) is 11.4 Å². The summed E-state index contributed by atoms with van der Waals surface area (Å²) in [6, 6.07) is 3.48. The van der Waals surface area contributed by atoms with E-state index in [1.54, 1.807) is 25.4 Å². The normalized spacial score (nSPS) is 33.1. The molecule has 2 atom stereocenters. The van der Waals surface area contributed by atoms with Gasteiger partial charge in [-0.1, -0.05) is 0 Å². The molecule has 0 aliphatic carbocycles. The van der Waals surface area contributed by atoms with Gasteiger partial charge in [0.05, 0.1) is 7.11 Å². The van der Waals surface area contributed by atoms with Gasteiger partial charge in [-0.25, -0.2) is 4.98 Å². The molecule has 2 aliphatic rings. The largest absolute Gasteiger partial charge is 0.481 e. The second-order valence-corrected chi connectivity index (χ2v) is 7.26. The van der Waals surface area contributed by atoms with Gasteiger partial charge in [-0.05, 0) is 31.7 Å². The van der Waals surface area contributed by atoms with Gasteiger partial charge in [0.15, 0.2) is 5.78 Å². The topological polar surface area (TPSA) is 56.3 Å². The zero-order chi connectivity index (χ0) is 13.4. The second-order valence-electron chi connectivity index (χ2n) is 5.27. The first-order chi connectivity index (χ1) is 9.19. The van der Waals surface area contributed by atoms with Crippen LogP contribution in [-0.2, 0) is 10.8 Å². The van der Waals surface area contributed by atoms with Gasteiger partial charge in [-0.15, -0.1) is 0 Å². The molecule has 3 heterocycles. The van der Waals surface area contributed by atoms with Crippen LogP contribution in [0.15, 0.2) is 18.3 Å².